The molecule has 2 N–H and O–H groups in total. The molecule has 0 atom stereocenters. The smallest absolute Gasteiger partial charge is 0.230 e. The number of anilines is 1. The minimum Gasteiger partial charge on any atom is -0.367 e. The molecule has 0 spiro atoms. The monoisotopic (exact) mass is 300 g/mol. The van der Waals surface area contributed by atoms with E-state index in [1.165, 1.54) is 0 Å². The van der Waals surface area contributed by atoms with Crippen molar-refractivity contribution in [3.05, 3.63) is 46.7 Å². The highest BCUT2D eigenvalue weighted by atomic mass is 35.5. The summed E-state index contributed by atoms with van der Waals surface area (Å²) in [5, 5.41) is 12.9. The van der Waals surface area contributed by atoms with Crippen molar-refractivity contribution in [1.29, 1.82) is 0 Å². The van der Waals surface area contributed by atoms with Gasteiger partial charge in [-0.2, -0.15) is 10.2 Å². The summed E-state index contributed by atoms with van der Waals surface area (Å²) in [6.07, 6.45) is 0. The highest BCUT2D eigenvalue weighted by Gasteiger charge is 2.20. The predicted molar refractivity (Wildman–Crippen MR) is 81.9 cm³/mol. The molecular weight excluding hydrogens is 288 g/mol. The third-order valence-electron chi connectivity index (χ3n) is 3.19. The number of nitrogens with zero attached hydrogens (tertiary/aromatic N) is 3. The van der Waals surface area contributed by atoms with Crippen LogP contribution in [0.25, 0.3) is 22.4 Å². The fraction of sp³-hybridized carbons (Fsp3) is 0.133. The van der Waals surface area contributed by atoms with Crippen molar-refractivity contribution in [2.75, 3.05) is 5.73 Å². The van der Waals surface area contributed by atoms with Gasteiger partial charge in [0.15, 0.2) is 0 Å². The predicted octanol–water partition coefficient (Wildman–Crippen LogP) is 3.65. The summed E-state index contributed by atoms with van der Waals surface area (Å²) in [6.45, 7) is 3.74. The van der Waals surface area contributed by atoms with Gasteiger partial charge in [-0.3, -0.25) is 0 Å². The molecule has 0 bridgehead atoms. The van der Waals surface area contributed by atoms with E-state index in [4.69, 9.17) is 21.9 Å². The first-order valence-electron chi connectivity index (χ1n) is 6.38. The van der Waals surface area contributed by atoms with Crippen molar-refractivity contribution in [3.63, 3.8) is 0 Å². The van der Waals surface area contributed by atoms with Crippen LogP contribution in [0.5, 0.6) is 0 Å². The molecule has 2 heterocycles. The lowest BCUT2D eigenvalue weighted by Crippen LogP contribution is -1.95. The summed E-state index contributed by atoms with van der Waals surface area (Å²) >= 11 is 6.05. The van der Waals surface area contributed by atoms with E-state index >= 15 is 0 Å². The summed E-state index contributed by atoms with van der Waals surface area (Å²) < 4.78 is 5.18. The second kappa shape index (κ2) is 5.18. The Kier molecular flexibility index (Phi) is 3.35. The summed E-state index contributed by atoms with van der Waals surface area (Å²) in [4.78, 5) is 0. The zero-order valence-corrected chi connectivity index (χ0v) is 12.3. The van der Waals surface area contributed by atoms with E-state index in [-0.39, 0.29) is 5.88 Å². The van der Waals surface area contributed by atoms with Gasteiger partial charge in [0.05, 0.1) is 17.0 Å². The average molecular weight is 301 g/mol. The van der Waals surface area contributed by atoms with Gasteiger partial charge < -0.3 is 10.3 Å². The van der Waals surface area contributed by atoms with Crippen molar-refractivity contribution < 1.29 is 4.52 Å². The van der Waals surface area contributed by atoms with Gasteiger partial charge in [0.2, 0.25) is 5.88 Å². The van der Waals surface area contributed by atoms with Crippen LogP contribution >= 0.6 is 11.6 Å². The number of benzene rings is 1. The normalized spacial score (nSPS) is 10.8. The molecule has 0 saturated carbocycles. The van der Waals surface area contributed by atoms with Crippen LogP contribution in [-0.2, 0) is 0 Å². The standard InChI is InChI=1S/C15H13ClN4O/c1-8-6-12(9(2)19-18-8)14-13(15(17)21-20-14)10-4-3-5-11(16)7-10/h3-7H,17H2,1-2H3. The van der Waals surface area contributed by atoms with Gasteiger partial charge in [-0.05, 0) is 37.6 Å². The first-order valence-corrected chi connectivity index (χ1v) is 6.76. The van der Waals surface area contributed by atoms with Crippen LogP contribution in [0.1, 0.15) is 11.4 Å². The van der Waals surface area contributed by atoms with Crippen LogP contribution in [0.4, 0.5) is 5.88 Å². The van der Waals surface area contributed by atoms with Gasteiger partial charge in [-0.15, -0.1) is 0 Å². The minimum atomic E-state index is 0.251. The molecule has 3 rings (SSSR count). The molecule has 3 aromatic rings. The Morgan fingerprint density at radius 1 is 1.14 bits per heavy atom. The number of aromatic nitrogens is 3. The van der Waals surface area contributed by atoms with Gasteiger partial charge >= 0.3 is 0 Å². The lowest BCUT2D eigenvalue weighted by molar-refractivity contribution is 0.439. The van der Waals surface area contributed by atoms with Crippen LogP contribution < -0.4 is 5.73 Å². The fourth-order valence-electron chi connectivity index (χ4n) is 2.20. The lowest BCUT2D eigenvalue weighted by Gasteiger charge is -2.06. The van der Waals surface area contributed by atoms with Gasteiger partial charge in [0.25, 0.3) is 0 Å². The number of hydrogen-bond acceptors (Lipinski definition) is 5. The van der Waals surface area contributed by atoms with E-state index in [0.29, 0.717) is 16.3 Å². The van der Waals surface area contributed by atoms with E-state index in [0.717, 1.165) is 22.5 Å². The summed E-state index contributed by atoms with van der Waals surface area (Å²) in [7, 11) is 0. The van der Waals surface area contributed by atoms with Crippen molar-refractivity contribution in [2.24, 2.45) is 0 Å². The Morgan fingerprint density at radius 2 is 1.95 bits per heavy atom. The zero-order chi connectivity index (χ0) is 15.0. The van der Waals surface area contributed by atoms with Crippen LogP contribution in [0, 0.1) is 13.8 Å². The number of rotatable bonds is 2. The van der Waals surface area contributed by atoms with Crippen LogP contribution in [0.2, 0.25) is 5.02 Å². The number of halogens is 1. The zero-order valence-electron chi connectivity index (χ0n) is 11.6. The molecule has 0 unspecified atom stereocenters. The minimum absolute atomic E-state index is 0.251. The molecule has 0 amide bonds. The first-order chi connectivity index (χ1) is 10.1. The number of aryl methyl sites for hydroxylation is 2. The lowest BCUT2D eigenvalue weighted by atomic mass is 10.0. The molecule has 0 fully saturated rings. The Morgan fingerprint density at radius 3 is 2.71 bits per heavy atom. The summed E-state index contributed by atoms with van der Waals surface area (Å²) in [5.41, 5.74) is 10.6. The summed E-state index contributed by atoms with van der Waals surface area (Å²) in [5.74, 6) is 0.251. The van der Waals surface area contributed by atoms with E-state index in [2.05, 4.69) is 15.4 Å². The van der Waals surface area contributed by atoms with Crippen molar-refractivity contribution >= 4 is 17.5 Å². The molecule has 0 radical (unpaired) electrons. The van der Waals surface area contributed by atoms with Gasteiger partial charge in [0, 0.05) is 10.6 Å². The van der Waals surface area contributed by atoms with E-state index in [1.54, 1.807) is 6.07 Å². The maximum atomic E-state index is 6.05. The molecule has 0 aliphatic rings. The fourth-order valence-corrected chi connectivity index (χ4v) is 2.39. The van der Waals surface area contributed by atoms with Crippen LogP contribution in [0.15, 0.2) is 34.9 Å². The SMILES string of the molecule is Cc1cc(-c2noc(N)c2-c2cccc(Cl)c2)c(C)nn1. The molecule has 0 saturated heterocycles. The molecule has 5 nitrogen and oxygen atoms in total. The number of hydrogen-bond donors (Lipinski definition) is 1. The molecule has 2 aromatic heterocycles. The molecule has 0 aliphatic carbocycles. The molecule has 106 valence electrons. The Labute approximate surface area is 126 Å². The van der Waals surface area contributed by atoms with E-state index in [1.807, 2.05) is 38.1 Å². The molecule has 1 aromatic carbocycles. The Bertz CT molecular complexity index is 813. The Balaban J connectivity index is 2.24. The maximum Gasteiger partial charge on any atom is 0.230 e. The first kappa shape index (κ1) is 13.6. The van der Waals surface area contributed by atoms with E-state index < -0.39 is 0 Å². The van der Waals surface area contributed by atoms with Crippen LogP contribution in [-0.4, -0.2) is 15.4 Å². The van der Waals surface area contributed by atoms with Gasteiger partial charge in [0.1, 0.15) is 5.69 Å². The van der Waals surface area contributed by atoms with Gasteiger partial charge in [-0.25, -0.2) is 0 Å². The summed E-state index contributed by atoms with van der Waals surface area (Å²) in [6, 6.07) is 9.31. The largest absolute Gasteiger partial charge is 0.367 e. The van der Waals surface area contributed by atoms with Crippen LogP contribution in [0.3, 0.4) is 0 Å². The van der Waals surface area contributed by atoms with Crippen molar-refractivity contribution in [3.8, 4) is 22.4 Å². The molecule has 0 aliphatic heterocycles. The molecule has 6 heteroatoms. The van der Waals surface area contributed by atoms with E-state index in [9.17, 15) is 0 Å². The highest BCUT2D eigenvalue weighted by Crippen LogP contribution is 2.37. The molecular formula is C15H13ClN4O. The number of nitrogens with two attached hydrogens (primary N) is 1. The highest BCUT2D eigenvalue weighted by molar-refractivity contribution is 6.30. The van der Waals surface area contributed by atoms with Gasteiger partial charge in [-0.1, -0.05) is 28.9 Å². The van der Waals surface area contributed by atoms with Crippen molar-refractivity contribution in [1.82, 2.24) is 15.4 Å². The average Bonchev–Trinajstić information content (AvgIpc) is 2.83. The topological polar surface area (TPSA) is 77.8 Å². The second-order valence-corrected chi connectivity index (χ2v) is 5.20. The molecule has 21 heavy (non-hydrogen) atoms. The van der Waals surface area contributed by atoms with Crippen molar-refractivity contribution in [2.45, 2.75) is 13.8 Å². The Hall–Kier alpha value is -2.40. The quantitative estimate of drug-likeness (QED) is 0.781. The maximum absolute atomic E-state index is 6.05. The second-order valence-electron chi connectivity index (χ2n) is 4.77. The third-order valence-corrected chi connectivity index (χ3v) is 3.42. The number of nitrogen functional groups attached to an aromatic ring is 1. The third kappa shape index (κ3) is 2.48.